The van der Waals surface area contributed by atoms with Crippen LogP contribution in [0.4, 0.5) is 17.2 Å². The van der Waals surface area contributed by atoms with E-state index in [4.69, 9.17) is 0 Å². The van der Waals surface area contributed by atoms with Gasteiger partial charge in [-0.3, -0.25) is 0 Å². The van der Waals surface area contributed by atoms with Gasteiger partial charge < -0.3 is 20.3 Å². The molecule has 0 saturated carbocycles. The van der Waals surface area contributed by atoms with E-state index in [0.717, 1.165) is 39.4 Å². The van der Waals surface area contributed by atoms with E-state index < -0.39 is 0 Å². The van der Waals surface area contributed by atoms with Crippen LogP contribution in [0.3, 0.4) is 0 Å². The summed E-state index contributed by atoms with van der Waals surface area (Å²) in [6.07, 6.45) is 3.45. The largest absolute Gasteiger partial charge is 0.508 e. The van der Waals surface area contributed by atoms with Crippen LogP contribution in [0.5, 0.6) is 5.75 Å². The Hall–Kier alpha value is -3.54. The van der Waals surface area contributed by atoms with Crippen molar-refractivity contribution in [1.29, 1.82) is 0 Å². The Bertz CT molecular complexity index is 1040. The van der Waals surface area contributed by atoms with Gasteiger partial charge in [-0.2, -0.15) is 0 Å². The van der Waals surface area contributed by atoms with Crippen molar-refractivity contribution in [3.8, 4) is 16.9 Å². The molecule has 0 aliphatic heterocycles. The topological polar surface area (TPSA) is 77.1 Å². The highest BCUT2D eigenvalue weighted by atomic mass is 16.3. The maximum Gasteiger partial charge on any atom is 0.143 e. The van der Waals surface area contributed by atoms with Gasteiger partial charge in [-0.1, -0.05) is 12.1 Å². The monoisotopic (exact) mass is 345 g/mol. The van der Waals surface area contributed by atoms with E-state index in [1.165, 1.54) is 6.33 Å². The van der Waals surface area contributed by atoms with Gasteiger partial charge in [0.05, 0.1) is 5.39 Å². The number of nitrogens with zero attached hydrogens (tertiary/aromatic N) is 3. The second-order valence-corrected chi connectivity index (χ2v) is 6.26. The third-order valence-electron chi connectivity index (χ3n) is 4.29. The molecular formula is C20H19N5O. The van der Waals surface area contributed by atoms with Crippen molar-refractivity contribution in [3.05, 3.63) is 61.1 Å². The standard InChI is InChI=1S/C20H19N5O/c1-25(2)15-7-5-14(6-8-15)24-20-18-17(11-21-19(18)22-12-23-20)13-3-9-16(26)10-4-13/h3-12,26H,1-2H3,(H2,21,22,23,24). The molecule has 0 spiro atoms. The Morgan fingerprint density at radius 2 is 1.69 bits per heavy atom. The normalized spacial score (nSPS) is 10.8. The highest BCUT2D eigenvalue weighted by Crippen LogP contribution is 2.34. The number of anilines is 3. The fourth-order valence-corrected chi connectivity index (χ4v) is 2.91. The first-order valence-corrected chi connectivity index (χ1v) is 8.28. The van der Waals surface area contributed by atoms with Crippen molar-refractivity contribution >= 4 is 28.2 Å². The van der Waals surface area contributed by atoms with Gasteiger partial charge in [0.15, 0.2) is 0 Å². The number of aromatic hydroxyl groups is 1. The van der Waals surface area contributed by atoms with Gasteiger partial charge in [-0.05, 0) is 42.0 Å². The Labute approximate surface area is 151 Å². The van der Waals surface area contributed by atoms with E-state index in [1.54, 1.807) is 12.1 Å². The molecule has 0 aliphatic rings. The number of phenols is 1. The molecule has 4 aromatic rings. The van der Waals surface area contributed by atoms with Gasteiger partial charge in [-0.15, -0.1) is 0 Å². The lowest BCUT2D eigenvalue weighted by molar-refractivity contribution is 0.475. The minimum Gasteiger partial charge on any atom is -0.508 e. The van der Waals surface area contributed by atoms with Gasteiger partial charge in [0.1, 0.15) is 23.5 Å². The fourth-order valence-electron chi connectivity index (χ4n) is 2.91. The second-order valence-electron chi connectivity index (χ2n) is 6.26. The number of nitrogens with one attached hydrogen (secondary N) is 2. The smallest absolute Gasteiger partial charge is 0.143 e. The molecule has 6 heteroatoms. The van der Waals surface area contributed by atoms with Gasteiger partial charge in [0.25, 0.3) is 0 Å². The van der Waals surface area contributed by atoms with Crippen LogP contribution in [0.2, 0.25) is 0 Å². The number of aromatic amines is 1. The average Bonchev–Trinajstić information content (AvgIpc) is 3.08. The minimum atomic E-state index is 0.240. The first-order valence-electron chi connectivity index (χ1n) is 8.28. The first-order chi connectivity index (χ1) is 12.6. The van der Waals surface area contributed by atoms with Crippen LogP contribution >= 0.6 is 0 Å². The quantitative estimate of drug-likeness (QED) is 0.518. The predicted octanol–water partition coefficient (Wildman–Crippen LogP) is 4.14. The number of H-pyrrole nitrogens is 1. The number of phenolic OH excluding ortho intramolecular Hbond substituents is 1. The Morgan fingerprint density at radius 1 is 0.962 bits per heavy atom. The van der Waals surface area contributed by atoms with E-state index in [9.17, 15) is 5.11 Å². The zero-order valence-electron chi connectivity index (χ0n) is 14.6. The van der Waals surface area contributed by atoms with Crippen LogP contribution in [-0.2, 0) is 0 Å². The number of hydrogen-bond donors (Lipinski definition) is 3. The average molecular weight is 345 g/mol. The van der Waals surface area contributed by atoms with Gasteiger partial charge >= 0.3 is 0 Å². The summed E-state index contributed by atoms with van der Waals surface area (Å²) in [5.74, 6) is 0.973. The predicted molar refractivity (Wildman–Crippen MR) is 105 cm³/mol. The maximum atomic E-state index is 9.53. The van der Waals surface area contributed by atoms with E-state index in [-0.39, 0.29) is 5.75 Å². The number of rotatable bonds is 4. The van der Waals surface area contributed by atoms with Crippen molar-refractivity contribution in [2.24, 2.45) is 0 Å². The molecule has 2 heterocycles. The number of fused-ring (bicyclic) bond motifs is 1. The van der Waals surface area contributed by atoms with Gasteiger partial charge in [-0.25, -0.2) is 9.97 Å². The van der Waals surface area contributed by atoms with Crippen molar-refractivity contribution in [1.82, 2.24) is 15.0 Å². The molecule has 0 saturated heterocycles. The number of benzene rings is 2. The van der Waals surface area contributed by atoms with Gasteiger partial charge in [0.2, 0.25) is 0 Å². The molecule has 130 valence electrons. The summed E-state index contributed by atoms with van der Waals surface area (Å²) in [5, 5.41) is 13.8. The summed E-state index contributed by atoms with van der Waals surface area (Å²) >= 11 is 0. The summed E-state index contributed by atoms with van der Waals surface area (Å²) in [6, 6.07) is 15.3. The zero-order valence-corrected chi connectivity index (χ0v) is 14.6. The summed E-state index contributed by atoms with van der Waals surface area (Å²) in [7, 11) is 4.03. The third kappa shape index (κ3) is 2.93. The van der Waals surface area contributed by atoms with Crippen molar-refractivity contribution in [2.75, 3.05) is 24.3 Å². The summed E-state index contributed by atoms with van der Waals surface area (Å²) in [6.45, 7) is 0. The molecular weight excluding hydrogens is 326 g/mol. The Morgan fingerprint density at radius 3 is 2.38 bits per heavy atom. The van der Waals surface area contributed by atoms with Crippen molar-refractivity contribution in [2.45, 2.75) is 0 Å². The molecule has 26 heavy (non-hydrogen) atoms. The summed E-state index contributed by atoms with van der Waals surface area (Å²) < 4.78 is 0. The Balaban J connectivity index is 1.75. The molecule has 0 radical (unpaired) electrons. The Kier molecular flexibility index (Phi) is 3.93. The lowest BCUT2D eigenvalue weighted by Crippen LogP contribution is -2.08. The lowest BCUT2D eigenvalue weighted by atomic mass is 10.1. The van der Waals surface area contributed by atoms with Crippen LogP contribution in [0.25, 0.3) is 22.2 Å². The summed E-state index contributed by atoms with van der Waals surface area (Å²) in [4.78, 5) is 14.0. The SMILES string of the molecule is CN(C)c1ccc(Nc2ncnc3[nH]cc(-c4ccc(O)cc4)c23)cc1. The van der Waals surface area contributed by atoms with Crippen LogP contribution in [0.1, 0.15) is 0 Å². The van der Waals surface area contributed by atoms with Crippen molar-refractivity contribution < 1.29 is 5.11 Å². The number of aromatic nitrogens is 3. The highest BCUT2D eigenvalue weighted by molar-refractivity contribution is 6.01. The molecule has 0 bridgehead atoms. The van der Waals surface area contributed by atoms with Crippen LogP contribution in [0, 0.1) is 0 Å². The molecule has 2 aromatic carbocycles. The third-order valence-corrected chi connectivity index (χ3v) is 4.29. The van der Waals surface area contributed by atoms with E-state index in [2.05, 4.69) is 37.3 Å². The second kappa shape index (κ2) is 6.40. The molecule has 4 rings (SSSR count). The fraction of sp³-hybridized carbons (Fsp3) is 0.100. The molecule has 0 unspecified atom stereocenters. The highest BCUT2D eigenvalue weighted by Gasteiger charge is 2.13. The molecule has 2 aromatic heterocycles. The van der Waals surface area contributed by atoms with Gasteiger partial charge in [0, 0.05) is 37.2 Å². The molecule has 0 amide bonds. The van der Waals surface area contributed by atoms with E-state index >= 15 is 0 Å². The number of hydrogen-bond acceptors (Lipinski definition) is 5. The molecule has 0 aliphatic carbocycles. The van der Waals surface area contributed by atoms with Crippen LogP contribution in [0.15, 0.2) is 61.1 Å². The molecule has 3 N–H and O–H groups in total. The summed E-state index contributed by atoms with van der Waals surface area (Å²) in [5.41, 5.74) is 4.81. The molecule has 0 atom stereocenters. The minimum absolute atomic E-state index is 0.240. The zero-order chi connectivity index (χ0) is 18.1. The van der Waals surface area contributed by atoms with Crippen LogP contribution in [-0.4, -0.2) is 34.2 Å². The van der Waals surface area contributed by atoms with E-state index in [0.29, 0.717) is 0 Å². The van der Waals surface area contributed by atoms with E-state index in [1.807, 2.05) is 44.6 Å². The first kappa shape index (κ1) is 16.0. The molecule has 6 nitrogen and oxygen atoms in total. The maximum absolute atomic E-state index is 9.53. The molecule has 0 fully saturated rings. The lowest BCUT2D eigenvalue weighted by Gasteiger charge is -2.13. The van der Waals surface area contributed by atoms with Crippen molar-refractivity contribution in [3.63, 3.8) is 0 Å². The van der Waals surface area contributed by atoms with Crippen LogP contribution < -0.4 is 10.2 Å².